The summed E-state index contributed by atoms with van der Waals surface area (Å²) < 4.78 is 56.8. The second kappa shape index (κ2) is 4.94. The van der Waals surface area contributed by atoms with Crippen LogP contribution in [0.3, 0.4) is 0 Å². The van der Waals surface area contributed by atoms with E-state index in [0.29, 0.717) is 0 Å². The zero-order chi connectivity index (χ0) is 14.0. The first-order valence-corrected chi connectivity index (χ1v) is 4.91. The molecule has 2 aromatic rings. The van der Waals surface area contributed by atoms with Crippen molar-refractivity contribution in [2.24, 2.45) is 0 Å². The molecule has 0 spiro atoms. The molecular weight excluding hydrogens is 264 g/mol. The van der Waals surface area contributed by atoms with Crippen molar-refractivity contribution in [3.8, 4) is 17.7 Å². The van der Waals surface area contributed by atoms with E-state index >= 15 is 0 Å². The molecule has 7 heteroatoms. The molecule has 0 saturated carbocycles. The van der Waals surface area contributed by atoms with Crippen LogP contribution in [0.1, 0.15) is 5.56 Å². The molecule has 0 unspecified atom stereocenters. The highest BCUT2D eigenvalue weighted by atomic mass is 19.2. The van der Waals surface area contributed by atoms with Gasteiger partial charge in [0.2, 0.25) is 0 Å². The third-order valence-electron chi connectivity index (χ3n) is 2.15. The zero-order valence-electron chi connectivity index (χ0n) is 9.12. The SMILES string of the molecule is N#Cc1c(F)cccc1Oc1nc(F)c(F)cc1F. The van der Waals surface area contributed by atoms with Gasteiger partial charge in [-0.3, -0.25) is 0 Å². The molecule has 0 aliphatic rings. The van der Waals surface area contributed by atoms with Crippen LogP contribution in [0, 0.1) is 34.7 Å². The van der Waals surface area contributed by atoms with E-state index in [-0.39, 0.29) is 11.8 Å². The lowest BCUT2D eigenvalue weighted by Gasteiger charge is -2.07. The van der Waals surface area contributed by atoms with Gasteiger partial charge in [0.15, 0.2) is 11.6 Å². The first kappa shape index (κ1) is 12.8. The Balaban J connectivity index is 2.45. The number of halogens is 4. The smallest absolute Gasteiger partial charge is 0.258 e. The predicted octanol–water partition coefficient (Wildman–Crippen LogP) is 3.30. The molecule has 0 atom stereocenters. The molecule has 0 N–H and O–H groups in total. The summed E-state index contributed by atoms with van der Waals surface area (Å²) in [7, 11) is 0. The largest absolute Gasteiger partial charge is 0.435 e. The third kappa shape index (κ3) is 2.47. The average Bonchev–Trinajstić information content (AvgIpc) is 2.36. The summed E-state index contributed by atoms with van der Waals surface area (Å²) in [6.07, 6.45) is 0. The van der Waals surface area contributed by atoms with E-state index in [2.05, 4.69) is 4.98 Å². The van der Waals surface area contributed by atoms with Crippen molar-refractivity contribution in [3.63, 3.8) is 0 Å². The van der Waals surface area contributed by atoms with Crippen molar-refractivity contribution in [1.29, 1.82) is 5.26 Å². The molecule has 0 fully saturated rings. The van der Waals surface area contributed by atoms with E-state index < -0.39 is 34.8 Å². The highest BCUT2D eigenvalue weighted by Crippen LogP contribution is 2.27. The van der Waals surface area contributed by atoms with E-state index in [0.717, 1.165) is 6.07 Å². The first-order valence-electron chi connectivity index (χ1n) is 4.91. The molecule has 0 bridgehead atoms. The summed E-state index contributed by atoms with van der Waals surface area (Å²) in [5.41, 5.74) is -0.492. The quantitative estimate of drug-likeness (QED) is 0.620. The first-order chi connectivity index (χ1) is 9.02. The number of rotatable bonds is 2. The van der Waals surface area contributed by atoms with Gasteiger partial charge in [0.25, 0.3) is 11.8 Å². The van der Waals surface area contributed by atoms with Crippen LogP contribution in [-0.4, -0.2) is 4.98 Å². The number of benzene rings is 1. The number of pyridine rings is 1. The highest BCUT2D eigenvalue weighted by Gasteiger charge is 2.16. The van der Waals surface area contributed by atoms with Gasteiger partial charge in [-0.1, -0.05) is 6.07 Å². The van der Waals surface area contributed by atoms with Crippen LogP contribution in [0.4, 0.5) is 17.6 Å². The number of nitrogens with zero attached hydrogens (tertiary/aromatic N) is 2. The van der Waals surface area contributed by atoms with Crippen molar-refractivity contribution >= 4 is 0 Å². The Morgan fingerprint density at radius 3 is 2.47 bits per heavy atom. The van der Waals surface area contributed by atoms with E-state index in [9.17, 15) is 17.6 Å². The van der Waals surface area contributed by atoms with Gasteiger partial charge in [0.05, 0.1) is 0 Å². The van der Waals surface area contributed by atoms with Crippen LogP contribution in [-0.2, 0) is 0 Å². The molecule has 0 aliphatic carbocycles. The highest BCUT2D eigenvalue weighted by molar-refractivity contribution is 5.45. The van der Waals surface area contributed by atoms with Gasteiger partial charge in [-0.05, 0) is 12.1 Å². The Bertz CT molecular complexity index is 682. The van der Waals surface area contributed by atoms with Crippen LogP contribution in [0.5, 0.6) is 11.6 Å². The fourth-order valence-electron chi connectivity index (χ4n) is 1.30. The van der Waals surface area contributed by atoms with Crippen LogP contribution in [0.25, 0.3) is 0 Å². The van der Waals surface area contributed by atoms with Gasteiger partial charge >= 0.3 is 0 Å². The molecule has 1 aromatic heterocycles. The zero-order valence-corrected chi connectivity index (χ0v) is 9.12. The minimum Gasteiger partial charge on any atom is -0.435 e. The molecule has 3 nitrogen and oxygen atoms in total. The van der Waals surface area contributed by atoms with Crippen molar-refractivity contribution < 1.29 is 22.3 Å². The van der Waals surface area contributed by atoms with Crippen molar-refractivity contribution in [2.75, 3.05) is 0 Å². The van der Waals surface area contributed by atoms with E-state index in [1.807, 2.05) is 0 Å². The van der Waals surface area contributed by atoms with Gasteiger partial charge in [-0.2, -0.15) is 14.6 Å². The van der Waals surface area contributed by atoms with Crippen molar-refractivity contribution in [3.05, 3.63) is 53.2 Å². The summed E-state index contributed by atoms with van der Waals surface area (Å²) in [5, 5.41) is 8.73. The molecule has 96 valence electrons. The summed E-state index contributed by atoms with van der Waals surface area (Å²) in [5.74, 6) is -6.44. The summed E-state index contributed by atoms with van der Waals surface area (Å²) in [6.45, 7) is 0. The van der Waals surface area contributed by atoms with Crippen LogP contribution >= 0.6 is 0 Å². The molecule has 0 saturated heterocycles. The van der Waals surface area contributed by atoms with Crippen LogP contribution in [0.2, 0.25) is 0 Å². The molecular formula is C12H4F4N2O. The van der Waals surface area contributed by atoms with E-state index in [1.165, 1.54) is 18.2 Å². The van der Waals surface area contributed by atoms with Crippen molar-refractivity contribution in [2.45, 2.75) is 0 Å². The number of aromatic nitrogens is 1. The summed E-state index contributed by atoms with van der Waals surface area (Å²) >= 11 is 0. The molecule has 0 radical (unpaired) electrons. The third-order valence-corrected chi connectivity index (χ3v) is 2.15. The number of hydrogen-bond acceptors (Lipinski definition) is 3. The second-order valence-electron chi connectivity index (χ2n) is 3.37. The van der Waals surface area contributed by atoms with E-state index in [1.54, 1.807) is 0 Å². The molecule has 19 heavy (non-hydrogen) atoms. The minimum atomic E-state index is -1.56. The van der Waals surface area contributed by atoms with Crippen LogP contribution < -0.4 is 4.74 Å². The maximum absolute atomic E-state index is 13.3. The van der Waals surface area contributed by atoms with Gasteiger partial charge in [-0.25, -0.2) is 13.2 Å². The Labute approximate surface area is 104 Å². The minimum absolute atomic E-state index is 0.239. The fraction of sp³-hybridized carbons (Fsp3) is 0. The van der Waals surface area contributed by atoms with Gasteiger partial charge in [-0.15, -0.1) is 0 Å². The second-order valence-corrected chi connectivity index (χ2v) is 3.37. The topological polar surface area (TPSA) is 45.9 Å². The van der Waals surface area contributed by atoms with Gasteiger partial charge < -0.3 is 4.74 Å². The van der Waals surface area contributed by atoms with E-state index in [4.69, 9.17) is 10.00 Å². The lowest BCUT2D eigenvalue weighted by Crippen LogP contribution is -1.99. The Morgan fingerprint density at radius 1 is 1.05 bits per heavy atom. The number of hydrogen-bond donors (Lipinski definition) is 0. The predicted molar refractivity (Wildman–Crippen MR) is 55.3 cm³/mol. The number of nitriles is 1. The van der Waals surface area contributed by atoms with Crippen LogP contribution in [0.15, 0.2) is 24.3 Å². The maximum Gasteiger partial charge on any atom is 0.258 e. The fourth-order valence-corrected chi connectivity index (χ4v) is 1.30. The molecule has 1 heterocycles. The maximum atomic E-state index is 13.3. The van der Waals surface area contributed by atoms with Gasteiger partial charge in [0.1, 0.15) is 23.2 Å². The Kier molecular flexibility index (Phi) is 3.33. The monoisotopic (exact) mass is 268 g/mol. The summed E-state index contributed by atoms with van der Waals surface area (Å²) in [6, 6.07) is 5.13. The molecule has 1 aromatic carbocycles. The Hall–Kier alpha value is -2.62. The molecule has 2 rings (SSSR count). The number of ether oxygens (including phenoxy) is 1. The summed E-state index contributed by atoms with van der Waals surface area (Å²) in [4.78, 5) is 2.90. The standard InChI is InChI=1S/C12H4F4N2O/c13-7-2-1-3-10(6(7)5-17)19-12-9(15)4-8(14)11(16)18-12/h1-4H. The normalized spacial score (nSPS) is 10.1. The molecule has 0 amide bonds. The van der Waals surface area contributed by atoms with Gasteiger partial charge in [0, 0.05) is 6.07 Å². The van der Waals surface area contributed by atoms with Crippen molar-refractivity contribution in [1.82, 2.24) is 4.98 Å². The Morgan fingerprint density at radius 2 is 1.79 bits per heavy atom. The average molecular weight is 268 g/mol. The lowest BCUT2D eigenvalue weighted by molar-refractivity contribution is 0.384. The molecule has 0 aliphatic heterocycles. The lowest BCUT2D eigenvalue weighted by atomic mass is 10.2.